The van der Waals surface area contributed by atoms with E-state index in [1.54, 1.807) is 0 Å². The summed E-state index contributed by atoms with van der Waals surface area (Å²) in [6, 6.07) is 10.1. The summed E-state index contributed by atoms with van der Waals surface area (Å²) < 4.78 is 4.36. The van der Waals surface area contributed by atoms with Crippen molar-refractivity contribution in [1.29, 1.82) is 0 Å². The van der Waals surface area contributed by atoms with Gasteiger partial charge >= 0.3 is 0 Å². The first-order valence-electron chi connectivity index (χ1n) is 7.03. The predicted octanol–water partition coefficient (Wildman–Crippen LogP) is 2.09. The number of anilines is 1. The van der Waals surface area contributed by atoms with Crippen LogP contribution in [-0.4, -0.2) is 35.4 Å². The van der Waals surface area contributed by atoms with Gasteiger partial charge in [0.1, 0.15) is 5.82 Å². The number of nitrogens with zero attached hydrogens (tertiary/aromatic N) is 3. The molecule has 1 aromatic heterocycles. The van der Waals surface area contributed by atoms with Crippen LogP contribution >= 0.6 is 11.5 Å². The quantitative estimate of drug-likeness (QED) is 0.851. The van der Waals surface area contributed by atoms with Crippen LogP contribution in [0.3, 0.4) is 0 Å². The molecule has 0 unspecified atom stereocenters. The van der Waals surface area contributed by atoms with Crippen molar-refractivity contribution in [3.8, 4) is 0 Å². The highest BCUT2D eigenvalue weighted by Crippen LogP contribution is 2.17. The second-order valence-corrected chi connectivity index (χ2v) is 5.59. The maximum Gasteiger partial charge on any atom is 0.239 e. The van der Waals surface area contributed by atoms with Gasteiger partial charge in [-0.1, -0.05) is 37.3 Å². The van der Waals surface area contributed by atoms with Gasteiger partial charge in [0.05, 0.1) is 6.54 Å². The molecule has 6 heteroatoms. The Bertz CT molecular complexity index is 570. The van der Waals surface area contributed by atoms with E-state index in [0.29, 0.717) is 19.5 Å². The lowest BCUT2D eigenvalue weighted by atomic mass is 10.1. The molecular formula is C15H20N4OS. The molecule has 1 amide bonds. The van der Waals surface area contributed by atoms with E-state index in [-0.39, 0.29) is 5.91 Å². The van der Waals surface area contributed by atoms with Gasteiger partial charge in [-0.15, -0.1) is 0 Å². The topological polar surface area (TPSA) is 58.1 Å². The van der Waals surface area contributed by atoms with E-state index >= 15 is 0 Å². The zero-order chi connectivity index (χ0) is 15.1. The highest BCUT2D eigenvalue weighted by molar-refractivity contribution is 7.09. The minimum atomic E-state index is 0.0131. The van der Waals surface area contributed by atoms with E-state index in [1.807, 2.05) is 37.1 Å². The number of likely N-dealkylation sites (N-methyl/N-ethyl adjacent to an activating group) is 1. The van der Waals surface area contributed by atoms with Crippen molar-refractivity contribution in [1.82, 2.24) is 14.7 Å². The van der Waals surface area contributed by atoms with E-state index in [0.717, 1.165) is 17.4 Å². The standard InChI is InChI=1S/C15H20N4OS/c1-3-9-16-14(20)11-19(2)15-17-13(18-21-15)10-12-7-5-4-6-8-12/h4-8H,3,9-11H2,1-2H3,(H,16,20). The number of carbonyl (C=O) groups is 1. The first-order valence-corrected chi connectivity index (χ1v) is 7.80. The van der Waals surface area contributed by atoms with Crippen LogP contribution in [0.2, 0.25) is 0 Å². The third-order valence-electron chi connectivity index (χ3n) is 2.94. The number of hydrogen-bond donors (Lipinski definition) is 1. The van der Waals surface area contributed by atoms with Crippen LogP contribution in [-0.2, 0) is 11.2 Å². The number of nitrogens with one attached hydrogen (secondary N) is 1. The third-order valence-corrected chi connectivity index (χ3v) is 3.81. The van der Waals surface area contributed by atoms with Crippen LogP contribution in [0.4, 0.5) is 5.13 Å². The molecule has 0 aliphatic rings. The van der Waals surface area contributed by atoms with E-state index in [1.165, 1.54) is 17.1 Å². The average Bonchev–Trinajstić information content (AvgIpc) is 2.95. The Morgan fingerprint density at radius 2 is 2.10 bits per heavy atom. The molecule has 2 rings (SSSR count). The molecule has 1 heterocycles. The Balaban J connectivity index is 1.91. The highest BCUT2D eigenvalue weighted by Gasteiger charge is 2.12. The molecular weight excluding hydrogens is 284 g/mol. The molecule has 1 N–H and O–H groups in total. The Kier molecular flexibility index (Phi) is 5.68. The molecule has 0 bridgehead atoms. The van der Waals surface area contributed by atoms with Crippen LogP contribution < -0.4 is 10.2 Å². The number of amides is 1. The Labute approximate surface area is 129 Å². The summed E-state index contributed by atoms with van der Waals surface area (Å²) in [5.41, 5.74) is 1.19. The maximum atomic E-state index is 11.7. The van der Waals surface area contributed by atoms with Crippen molar-refractivity contribution in [3.63, 3.8) is 0 Å². The molecule has 0 saturated carbocycles. The lowest BCUT2D eigenvalue weighted by Gasteiger charge is -2.14. The summed E-state index contributed by atoms with van der Waals surface area (Å²) in [5.74, 6) is 0.807. The molecule has 0 fully saturated rings. The summed E-state index contributed by atoms with van der Waals surface area (Å²) in [6.45, 7) is 3.05. The lowest BCUT2D eigenvalue weighted by Crippen LogP contribution is -2.35. The molecule has 1 aromatic carbocycles. The van der Waals surface area contributed by atoms with Gasteiger partial charge in [-0.2, -0.15) is 4.37 Å². The van der Waals surface area contributed by atoms with Crippen molar-refractivity contribution >= 4 is 22.6 Å². The number of carbonyl (C=O) groups excluding carboxylic acids is 1. The third kappa shape index (κ3) is 4.82. The predicted molar refractivity (Wildman–Crippen MR) is 85.7 cm³/mol. The molecule has 2 aromatic rings. The number of hydrogen-bond acceptors (Lipinski definition) is 5. The van der Waals surface area contributed by atoms with Crippen molar-refractivity contribution in [3.05, 3.63) is 41.7 Å². The van der Waals surface area contributed by atoms with Gasteiger partial charge < -0.3 is 10.2 Å². The molecule has 0 radical (unpaired) electrons. The number of benzene rings is 1. The van der Waals surface area contributed by atoms with E-state index in [4.69, 9.17) is 0 Å². The molecule has 0 aliphatic heterocycles. The first-order chi connectivity index (χ1) is 10.2. The van der Waals surface area contributed by atoms with Crippen LogP contribution in [0, 0.1) is 0 Å². The zero-order valence-electron chi connectivity index (χ0n) is 12.4. The monoisotopic (exact) mass is 304 g/mol. The number of aromatic nitrogens is 2. The molecule has 0 aliphatic carbocycles. The fourth-order valence-electron chi connectivity index (χ4n) is 1.85. The second-order valence-electron chi connectivity index (χ2n) is 4.86. The zero-order valence-corrected chi connectivity index (χ0v) is 13.2. The van der Waals surface area contributed by atoms with E-state index < -0.39 is 0 Å². The van der Waals surface area contributed by atoms with Gasteiger partial charge in [0.15, 0.2) is 0 Å². The van der Waals surface area contributed by atoms with Gasteiger partial charge in [0.25, 0.3) is 0 Å². The first kappa shape index (κ1) is 15.4. The fourth-order valence-corrected chi connectivity index (χ4v) is 2.50. The normalized spacial score (nSPS) is 10.4. The summed E-state index contributed by atoms with van der Waals surface area (Å²) >= 11 is 1.33. The largest absolute Gasteiger partial charge is 0.355 e. The van der Waals surface area contributed by atoms with Crippen molar-refractivity contribution in [2.75, 3.05) is 25.0 Å². The minimum absolute atomic E-state index is 0.0131. The van der Waals surface area contributed by atoms with Gasteiger partial charge in [-0.3, -0.25) is 4.79 Å². The Hall–Kier alpha value is -1.95. The van der Waals surface area contributed by atoms with Gasteiger partial charge in [-0.05, 0) is 12.0 Å². The Morgan fingerprint density at radius 1 is 1.33 bits per heavy atom. The summed E-state index contributed by atoms with van der Waals surface area (Å²) in [7, 11) is 1.86. The molecule has 0 atom stereocenters. The van der Waals surface area contributed by atoms with E-state index in [2.05, 4.69) is 26.8 Å². The Morgan fingerprint density at radius 3 is 2.81 bits per heavy atom. The van der Waals surface area contributed by atoms with Crippen LogP contribution in [0.25, 0.3) is 0 Å². The van der Waals surface area contributed by atoms with Gasteiger partial charge in [0, 0.05) is 31.5 Å². The number of rotatable bonds is 7. The SMILES string of the molecule is CCCNC(=O)CN(C)c1nc(Cc2ccccc2)ns1. The molecule has 0 saturated heterocycles. The summed E-state index contributed by atoms with van der Waals surface area (Å²) in [5, 5.41) is 3.63. The fraction of sp³-hybridized carbons (Fsp3) is 0.400. The van der Waals surface area contributed by atoms with Gasteiger partial charge in [0.2, 0.25) is 11.0 Å². The van der Waals surface area contributed by atoms with Crippen LogP contribution in [0.1, 0.15) is 24.7 Å². The van der Waals surface area contributed by atoms with Crippen molar-refractivity contribution in [2.24, 2.45) is 0 Å². The maximum absolute atomic E-state index is 11.7. The molecule has 0 spiro atoms. The van der Waals surface area contributed by atoms with Crippen molar-refractivity contribution in [2.45, 2.75) is 19.8 Å². The minimum Gasteiger partial charge on any atom is -0.355 e. The smallest absolute Gasteiger partial charge is 0.239 e. The van der Waals surface area contributed by atoms with Crippen LogP contribution in [0.15, 0.2) is 30.3 Å². The molecule has 5 nitrogen and oxygen atoms in total. The highest BCUT2D eigenvalue weighted by atomic mass is 32.1. The van der Waals surface area contributed by atoms with E-state index in [9.17, 15) is 4.79 Å². The average molecular weight is 304 g/mol. The van der Waals surface area contributed by atoms with Crippen molar-refractivity contribution < 1.29 is 4.79 Å². The summed E-state index contributed by atoms with van der Waals surface area (Å²) in [6.07, 6.45) is 1.66. The summed E-state index contributed by atoms with van der Waals surface area (Å²) in [4.78, 5) is 18.0. The van der Waals surface area contributed by atoms with Gasteiger partial charge in [-0.25, -0.2) is 4.98 Å². The lowest BCUT2D eigenvalue weighted by molar-refractivity contribution is -0.119. The molecule has 21 heavy (non-hydrogen) atoms. The van der Waals surface area contributed by atoms with Crippen LogP contribution in [0.5, 0.6) is 0 Å². The molecule has 112 valence electrons. The second kappa shape index (κ2) is 7.73.